The number of rotatable bonds is 1. The number of benzene rings is 1. The maximum Gasteiger partial charge on any atom is 0.410 e. The van der Waals surface area contributed by atoms with Gasteiger partial charge in [0.2, 0.25) is 0 Å². The fraction of sp³-hybridized carbons (Fsp3) is 0.500. The van der Waals surface area contributed by atoms with Crippen LogP contribution in [0.15, 0.2) is 24.3 Å². The van der Waals surface area contributed by atoms with Crippen LogP contribution in [0.25, 0.3) is 11.0 Å². The molecule has 0 spiro atoms. The molecule has 1 saturated heterocycles. The van der Waals surface area contributed by atoms with Gasteiger partial charge in [0.15, 0.2) is 11.6 Å². The Balaban J connectivity index is 1.78. The van der Waals surface area contributed by atoms with Crippen molar-refractivity contribution in [2.24, 2.45) is 0 Å². The van der Waals surface area contributed by atoms with Crippen LogP contribution in [0.1, 0.15) is 27.7 Å². The Morgan fingerprint density at radius 1 is 1.20 bits per heavy atom. The number of ether oxygens (including phenoxy) is 1. The number of hydrogen-bond donors (Lipinski definition) is 1. The van der Waals surface area contributed by atoms with E-state index in [1.54, 1.807) is 4.90 Å². The summed E-state index contributed by atoms with van der Waals surface area (Å²) in [6.07, 6.45) is -0.281. The predicted molar refractivity (Wildman–Crippen MR) is 98.6 cm³/mol. The summed E-state index contributed by atoms with van der Waals surface area (Å²) in [5, 5.41) is 0. The first-order chi connectivity index (χ1) is 11.7. The van der Waals surface area contributed by atoms with E-state index in [-0.39, 0.29) is 12.1 Å². The molecule has 7 heteroatoms. The van der Waals surface area contributed by atoms with Crippen LogP contribution in [0.4, 0.5) is 16.4 Å². The van der Waals surface area contributed by atoms with Gasteiger partial charge in [-0.25, -0.2) is 14.8 Å². The van der Waals surface area contributed by atoms with Gasteiger partial charge in [-0.05, 0) is 39.8 Å². The summed E-state index contributed by atoms with van der Waals surface area (Å²) in [6, 6.07) is 7.73. The first-order valence-electron chi connectivity index (χ1n) is 8.51. The molecule has 25 heavy (non-hydrogen) atoms. The molecule has 1 unspecified atom stereocenters. The zero-order chi connectivity index (χ0) is 18.2. The zero-order valence-corrected chi connectivity index (χ0v) is 15.2. The maximum atomic E-state index is 12.3. The second kappa shape index (κ2) is 6.38. The number of para-hydroxylation sites is 2. The normalized spacial score (nSPS) is 18.5. The van der Waals surface area contributed by atoms with Gasteiger partial charge in [-0.3, -0.25) is 0 Å². The van der Waals surface area contributed by atoms with Crippen molar-refractivity contribution in [2.45, 2.75) is 39.3 Å². The van der Waals surface area contributed by atoms with Gasteiger partial charge in [0.05, 0.1) is 11.0 Å². The first-order valence-corrected chi connectivity index (χ1v) is 8.51. The fourth-order valence-corrected chi connectivity index (χ4v) is 2.98. The molecule has 1 aromatic heterocycles. The predicted octanol–water partition coefficient (Wildman–Crippen LogP) is 2.66. The van der Waals surface area contributed by atoms with Crippen LogP contribution in [-0.4, -0.2) is 52.2 Å². The molecule has 0 bridgehead atoms. The Morgan fingerprint density at radius 3 is 2.44 bits per heavy atom. The third-order valence-electron chi connectivity index (χ3n) is 4.13. The van der Waals surface area contributed by atoms with E-state index in [0.717, 1.165) is 11.0 Å². The first kappa shape index (κ1) is 17.3. The Labute approximate surface area is 147 Å². The van der Waals surface area contributed by atoms with E-state index < -0.39 is 5.60 Å². The summed E-state index contributed by atoms with van der Waals surface area (Å²) in [4.78, 5) is 25.3. The van der Waals surface area contributed by atoms with E-state index >= 15 is 0 Å². The highest BCUT2D eigenvalue weighted by Crippen LogP contribution is 2.26. The lowest BCUT2D eigenvalue weighted by molar-refractivity contribution is 0.0218. The number of carbonyl (C=O) groups excluding carboxylic acids is 1. The van der Waals surface area contributed by atoms with Crippen molar-refractivity contribution in [3.63, 3.8) is 0 Å². The number of nitrogen functional groups attached to an aromatic ring is 1. The highest BCUT2D eigenvalue weighted by Gasteiger charge is 2.31. The molecule has 1 aliphatic rings. The molecule has 3 rings (SSSR count). The summed E-state index contributed by atoms with van der Waals surface area (Å²) in [6.45, 7) is 9.42. The van der Waals surface area contributed by atoms with E-state index in [4.69, 9.17) is 10.5 Å². The van der Waals surface area contributed by atoms with Crippen LogP contribution in [-0.2, 0) is 4.74 Å². The van der Waals surface area contributed by atoms with Crippen molar-refractivity contribution in [3.05, 3.63) is 24.3 Å². The number of amides is 1. The number of nitrogens with two attached hydrogens (primary N) is 1. The quantitative estimate of drug-likeness (QED) is 0.857. The number of nitrogens with zero attached hydrogens (tertiary/aromatic N) is 4. The van der Waals surface area contributed by atoms with Gasteiger partial charge in [0.1, 0.15) is 5.60 Å². The van der Waals surface area contributed by atoms with Gasteiger partial charge in [-0.2, -0.15) is 0 Å². The molecule has 1 aromatic carbocycles. The molecule has 7 nitrogen and oxygen atoms in total. The summed E-state index contributed by atoms with van der Waals surface area (Å²) in [5.74, 6) is 1.09. The molecular weight excluding hydrogens is 318 g/mol. The smallest absolute Gasteiger partial charge is 0.410 e. The molecule has 1 amide bonds. The van der Waals surface area contributed by atoms with Gasteiger partial charge in [-0.15, -0.1) is 0 Å². The van der Waals surface area contributed by atoms with Crippen molar-refractivity contribution in [1.29, 1.82) is 0 Å². The Hall–Kier alpha value is -2.57. The number of hydrogen-bond acceptors (Lipinski definition) is 6. The van der Waals surface area contributed by atoms with Crippen LogP contribution in [0.5, 0.6) is 0 Å². The molecule has 2 heterocycles. The minimum atomic E-state index is -0.494. The summed E-state index contributed by atoms with van der Waals surface area (Å²) in [5.41, 5.74) is 7.24. The standard InChI is InChI=1S/C18H25N5O2/c1-12-11-22(17(24)25-18(2,3)4)9-10-23(12)16-15(19)20-13-7-5-6-8-14(13)21-16/h5-8,12H,9-11H2,1-4H3,(H2,19,20). The monoisotopic (exact) mass is 343 g/mol. The van der Waals surface area contributed by atoms with Gasteiger partial charge in [0.25, 0.3) is 0 Å². The van der Waals surface area contributed by atoms with Crippen LogP contribution < -0.4 is 10.6 Å². The third kappa shape index (κ3) is 3.75. The van der Waals surface area contributed by atoms with Crippen LogP contribution >= 0.6 is 0 Å². The largest absolute Gasteiger partial charge is 0.444 e. The molecular formula is C18H25N5O2. The zero-order valence-electron chi connectivity index (χ0n) is 15.2. The van der Waals surface area contributed by atoms with Gasteiger partial charge < -0.3 is 20.3 Å². The minimum absolute atomic E-state index is 0.0685. The second-order valence-corrected chi connectivity index (χ2v) is 7.39. The lowest BCUT2D eigenvalue weighted by atomic mass is 10.2. The molecule has 2 N–H and O–H groups in total. The maximum absolute atomic E-state index is 12.3. The summed E-state index contributed by atoms with van der Waals surface area (Å²) >= 11 is 0. The van der Waals surface area contributed by atoms with Gasteiger partial charge in [0, 0.05) is 25.7 Å². The van der Waals surface area contributed by atoms with E-state index in [1.807, 2.05) is 52.0 Å². The molecule has 1 fully saturated rings. The molecule has 134 valence electrons. The molecule has 1 aliphatic heterocycles. The molecule has 2 aromatic rings. The number of anilines is 2. The minimum Gasteiger partial charge on any atom is -0.444 e. The van der Waals surface area contributed by atoms with Crippen molar-refractivity contribution in [3.8, 4) is 0 Å². The van der Waals surface area contributed by atoms with Crippen molar-refractivity contribution < 1.29 is 9.53 Å². The van der Waals surface area contributed by atoms with Gasteiger partial charge >= 0.3 is 6.09 Å². The summed E-state index contributed by atoms with van der Waals surface area (Å²) < 4.78 is 5.46. The number of fused-ring (bicyclic) bond motifs is 1. The lowest BCUT2D eigenvalue weighted by Gasteiger charge is -2.40. The highest BCUT2D eigenvalue weighted by atomic mass is 16.6. The van der Waals surface area contributed by atoms with Crippen molar-refractivity contribution in [2.75, 3.05) is 30.3 Å². The van der Waals surface area contributed by atoms with Crippen LogP contribution in [0.2, 0.25) is 0 Å². The molecule has 1 atom stereocenters. The van der Waals surface area contributed by atoms with Gasteiger partial charge in [-0.1, -0.05) is 12.1 Å². The highest BCUT2D eigenvalue weighted by molar-refractivity contribution is 5.80. The average Bonchev–Trinajstić information content (AvgIpc) is 2.53. The molecule has 0 radical (unpaired) electrons. The lowest BCUT2D eigenvalue weighted by Crippen LogP contribution is -2.55. The second-order valence-electron chi connectivity index (χ2n) is 7.39. The summed E-state index contributed by atoms with van der Waals surface area (Å²) in [7, 11) is 0. The average molecular weight is 343 g/mol. The Bertz CT molecular complexity index is 787. The SMILES string of the molecule is CC1CN(C(=O)OC(C)(C)C)CCN1c1nc2ccccc2nc1N. The van der Waals surface area contributed by atoms with E-state index in [0.29, 0.717) is 31.3 Å². The number of carbonyl (C=O) groups is 1. The number of piperazine rings is 1. The van der Waals surface area contributed by atoms with E-state index in [1.165, 1.54) is 0 Å². The third-order valence-corrected chi connectivity index (χ3v) is 4.13. The van der Waals surface area contributed by atoms with E-state index in [2.05, 4.69) is 14.9 Å². The van der Waals surface area contributed by atoms with E-state index in [9.17, 15) is 4.79 Å². The Morgan fingerprint density at radius 2 is 1.84 bits per heavy atom. The van der Waals surface area contributed by atoms with Crippen molar-refractivity contribution in [1.82, 2.24) is 14.9 Å². The fourth-order valence-electron chi connectivity index (χ4n) is 2.98. The number of aromatic nitrogens is 2. The van der Waals surface area contributed by atoms with Crippen LogP contribution in [0.3, 0.4) is 0 Å². The Kier molecular flexibility index (Phi) is 4.41. The topological polar surface area (TPSA) is 84.6 Å². The van der Waals surface area contributed by atoms with Crippen molar-refractivity contribution >= 4 is 28.8 Å². The molecule has 0 aliphatic carbocycles. The van der Waals surface area contributed by atoms with Crippen LogP contribution in [0, 0.1) is 0 Å². The molecule has 0 saturated carbocycles.